The van der Waals surface area contributed by atoms with Crippen LogP contribution in [-0.4, -0.2) is 0 Å². The van der Waals surface area contributed by atoms with Gasteiger partial charge >= 0.3 is 0 Å². The molecular weight excluding hydrogens is 332 g/mol. The van der Waals surface area contributed by atoms with Gasteiger partial charge in [-0.3, -0.25) is 0 Å². The van der Waals surface area contributed by atoms with Gasteiger partial charge in [0.25, 0.3) is 0 Å². The summed E-state index contributed by atoms with van der Waals surface area (Å²) in [7, 11) is 1.71. The normalized spacial score (nSPS) is 17.3. The molecule has 0 N–H and O–H groups in total. The molecule has 0 aliphatic heterocycles. The Kier molecular flexibility index (Phi) is 2.67. The van der Waals surface area contributed by atoms with Crippen LogP contribution in [0, 0.1) is 20.4 Å². The molecular formula is C24H23N2O+. The van der Waals surface area contributed by atoms with Crippen molar-refractivity contribution in [3.05, 3.63) is 70.7 Å². The van der Waals surface area contributed by atoms with Crippen LogP contribution in [0.3, 0.4) is 0 Å². The molecule has 0 saturated heterocycles. The number of pyridine rings is 1. The van der Waals surface area contributed by atoms with Crippen LogP contribution in [0.5, 0.6) is 0 Å². The summed E-state index contributed by atoms with van der Waals surface area (Å²) in [6.45, 7) is 9.51. The summed E-state index contributed by atoms with van der Waals surface area (Å²) in [6, 6.07) is 8.81. The molecule has 0 fully saturated rings. The molecule has 0 saturated carbocycles. The molecule has 134 valence electrons. The number of para-hydroxylation sites is 1. The average Bonchev–Trinajstić information content (AvgIpc) is 3.11. The van der Waals surface area contributed by atoms with Crippen LogP contribution in [-0.2, 0) is 7.05 Å². The van der Waals surface area contributed by atoms with Gasteiger partial charge in [-0.25, -0.2) is 4.85 Å². The van der Waals surface area contributed by atoms with Crippen molar-refractivity contribution in [3.63, 3.8) is 0 Å². The maximum absolute atomic E-state index is 8.98. The van der Waals surface area contributed by atoms with E-state index >= 15 is 0 Å². The van der Waals surface area contributed by atoms with Crippen LogP contribution < -0.4 is 4.57 Å². The predicted molar refractivity (Wildman–Crippen MR) is 110 cm³/mol. The Morgan fingerprint density at radius 2 is 1.96 bits per heavy atom. The minimum absolute atomic E-state index is 0.135. The summed E-state index contributed by atoms with van der Waals surface area (Å²) in [5, 5.41) is 1.55. The molecule has 0 bridgehead atoms. The zero-order valence-electron chi connectivity index (χ0n) is 21.7. The van der Waals surface area contributed by atoms with Gasteiger partial charge in [-0.1, -0.05) is 44.1 Å². The lowest BCUT2D eigenvalue weighted by Gasteiger charge is -2.11. The predicted octanol–water partition coefficient (Wildman–Crippen LogP) is 6.37. The number of rotatable bonds is 2. The summed E-state index contributed by atoms with van der Waals surface area (Å²) in [6.07, 6.45) is 0. The van der Waals surface area contributed by atoms with Crippen molar-refractivity contribution in [2.75, 3.05) is 0 Å². The van der Waals surface area contributed by atoms with Crippen molar-refractivity contribution in [2.45, 2.75) is 33.5 Å². The molecule has 0 radical (unpaired) electrons. The Labute approximate surface area is 168 Å². The number of nitrogens with zero attached hydrogens (tertiary/aromatic N) is 2. The molecule has 2 heterocycles. The molecule has 0 amide bonds. The van der Waals surface area contributed by atoms with Crippen molar-refractivity contribution >= 4 is 27.6 Å². The van der Waals surface area contributed by atoms with Crippen LogP contribution in [0.4, 0.5) is 5.69 Å². The molecule has 2 aromatic heterocycles. The Balaban J connectivity index is 2.20. The summed E-state index contributed by atoms with van der Waals surface area (Å²) in [4.78, 5) is 3.55. The topological polar surface area (TPSA) is 21.4 Å². The molecule has 0 spiro atoms. The molecule has 2 aromatic carbocycles. The van der Waals surface area contributed by atoms with Crippen LogP contribution >= 0.6 is 0 Å². The second-order valence-electron chi connectivity index (χ2n) is 6.74. The van der Waals surface area contributed by atoms with E-state index in [0.29, 0.717) is 33.8 Å². The van der Waals surface area contributed by atoms with Crippen LogP contribution in [0.2, 0.25) is 0 Å². The number of hydrogen-bond acceptors (Lipinski definition) is 1. The molecule has 4 rings (SSSR count). The van der Waals surface area contributed by atoms with E-state index in [1.165, 1.54) is 6.92 Å². The fourth-order valence-corrected chi connectivity index (χ4v) is 3.41. The van der Waals surface area contributed by atoms with Crippen molar-refractivity contribution in [3.8, 4) is 11.3 Å². The molecule has 1 unspecified atom stereocenters. The third kappa shape index (κ3) is 2.61. The number of furan rings is 1. The molecule has 0 aliphatic rings. The molecule has 1 atom stereocenters. The third-order valence-corrected chi connectivity index (χ3v) is 4.97. The second-order valence-corrected chi connectivity index (χ2v) is 6.74. The molecule has 27 heavy (non-hydrogen) atoms. The number of hydrogen-bond donors (Lipinski definition) is 0. The highest BCUT2D eigenvalue weighted by Gasteiger charge is 2.23. The zero-order chi connectivity index (χ0) is 24.5. The highest BCUT2D eigenvalue weighted by Crippen LogP contribution is 2.40. The zero-order valence-corrected chi connectivity index (χ0v) is 15.7. The van der Waals surface area contributed by atoms with E-state index in [0.717, 1.165) is 16.3 Å². The monoisotopic (exact) mass is 361 g/mol. The SMILES string of the molecule is [2H]c1c(C([2H])(C)C([2H])([2H])[2H])c([2H])c(-c2c(C)ccc3c2oc2c([N+]#[C-])cccc23)[n+](C)c1C. The van der Waals surface area contributed by atoms with E-state index < -0.39 is 12.7 Å². The van der Waals surface area contributed by atoms with E-state index in [-0.39, 0.29) is 17.6 Å². The number of aryl methyl sites for hydroxylation is 1. The fraction of sp³-hybridized carbons (Fsp3) is 0.250. The smallest absolute Gasteiger partial charge is 0.229 e. The van der Waals surface area contributed by atoms with Gasteiger partial charge in [0.05, 0.1) is 14.9 Å². The first-order chi connectivity index (χ1) is 15.3. The van der Waals surface area contributed by atoms with Gasteiger partial charge in [0, 0.05) is 35.3 Å². The van der Waals surface area contributed by atoms with Crippen LogP contribution in [0.15, 0.2) is 46.8 Å². The fourth-order valence-electron chi connectivity index (χ4n) is 3.41. The Bertz CT molecular complexity index is 1490. The van der Waals surface area contributed by atoms with E-state index in [9.17, 15) is 0 Å². The lowest BCUT2D eigenvalue weighted by Crippen LogP contribution is -2.35. The first kappa shape index (κ1) is 11.6. The van der Waals surface area contributed by atoms with Gasteiger partial charge in [0.15, 0.2) is 5.69 Å². The number of fused-ring (bicyclic) bond motifs is 3. The minimum atomic E-state index is -2.73. The van der Waals surface area contributed by atoms with Gasteiger partial charge < -0.3 is 4.42 Å². The summed E-state index contributed by atoms with van der Waals surface area (Å²) >= 11 is 0. The summed E-state index contributed by atoms with van der Waals surface area (Å²) in [5.41, 5.74) is 3.33. The van der Waals surface area contributed by atoms with Gasteiger partial charge in [0.2, 0.25) is 11.4 Å². The van der Waals surface area contributed by atoms with E-state index in [4.69, 9.17) is 19.2 Å². The lowest BCUT2D eigenvalue weighted by atomic mass is 9.96. The lowest BCUT2D eigenvalue weighted by molar-refractivity contribution is -0.666. The average molecular weight is 361 g/mol. The molecule has 4 aromatic rings. The molecule has 3 nitrogen and oxygen atoms in total. The van der Waals surface area contributed by atoms with Crippen LogP contribution in [0.25, 0.3) is 38.0 Å². The van der Waals surface area contributed by atoms with E-state index in [2.05, 4.69) is 4.85 Å². The van der Waals surface area contributed by atoms with Crippen molar-refractivity contribution in [1.29, 1.82) is 0 Å². The van der Waals surface area contributed by atoms with Crippen molar-refractivity contribution in [1.82, 2.24) is 0 Å². The summed E-state index contributed by atoms with van der Waals surface area (Å²) < 4.78 is 57.7. The Hall–Kier alpha value is -3.12. The van der Waals surface area contributed by atoms with Gasteiger partial charge in [0.1, 0.15) is 18.2 Å². The van der Waals surface area contributed by atoms with Crippen molar-refractivity contribution < 1.29 is 17.2 Å². The van der Waals surface area contributed by atoms with Gasteiger partial charge in [-0.15, -0.1) is 0 Å². The largest absolute Gasteiger partial charge is 0.466 e. The maximum Gasteiger partial charge on any atom is 0.229 e. The van der Waals surface area contributed by atoms with E-state index in [1.807, 2.05) is 25.1 Å². The van der Waals surface area contributed by atoms with Gasteiger partial charge in [-0.2, -0.15) is 4.57 Å². The van der Waals surface area contributed by atoms with Gasteiger partial charge in [-0.05, 0) is 23.9 Å². The standard InChI is InChI=1S/C24H23N2O/c1-14(2)17-12-16(4)26(6)21(13-17)22-15(3)10-11-19-18-8-7-9-20(25-5)23(18)27-24(19)22/h7-14H,1-4,6H3/q+1/i1D3,12D,13D,14D. The van der Waals surface area contributed by atoms with E-state index in [1.54, 1.807) is 30.7 Å². The molecule has 3 heteroatoms. The Morgan fingerprint density at radius 1 is 1.19 bits per heavy atom. The minimum Gasteiger partial charge on any atom is -0.466 e. The number of aromatic nitrogens is 1. The third-order valence-electron chi connectivity index (χ3n) is 4.97. The highest BCUT2D eigenvalue weighted by atomic mass is 16.3. The molecule has 0 aliphatic carbocycles. The Morgan fingerprint density at radius 3 is 2.70 bits per heavy atom. The highest BCUT2D eigenvalue weighted by molar-refractivity contribution is 6.12. The summed E-state index contributed by atoms with van der Waals surface area (Å²) in [5.74, 6) is -2.15. The first-order valence-electron chi connectivity index (χ1n) is 11.7. The number of benzene rings is 2. The second kappa shape index (κ2) is 6.25. The quantitative estimate of drug-likeness (QED) is 0.300. The van der Waals surface area contributed by atoms with Crippen molar-refractivity contribution in [2.24, 2.45) is 7.05 Å². The van der Waals surface area contributed by atoms with Crippen LogP contribution in [0.1, 0.15) is 44.7 Å². The maximum atomic E-state index is 8.98. The first-order valence-corrected chi connectivity index (χ1v) is 8.65.